The van der Waals surface area contributed by atoms with Gasteiger partial charge in [0.05, 0.1) is 5.69 Å². The van der Waals surface area contributed by atoms with Crippen molar-refractivity contribution in [3.63, 3.8) is 0 Å². The molecule has 26 heavy (non-hydrogen) atoms. The lowest BCUT2D eigenvalue weighted by Gasteiger charge is -2.10. The van der Waals surface area contributed by atoms with E-state index in [1.807, 2.05) is 0 Å². The van der Waals surface area contributed by atoms with Crippen LogP contribution in [0.15, 0.2) is 30.6 Å². The fourth-order valence-corrected chi connectivity index (χ4v) is 2.41. The van der Waals surface area contributed by atoms with Gasteiger partial charge in [-0.3, -0.25) is 4.79 Å². The highest BCUT2D eigenvalue weighted by Crippen LogP contribution is 2.21. The van der Waals surface area contributed by atoms with E-state index in [1.54, 1.807) is 26.1 Å². The van der Waals surface area contributed by atoms with Crippen molar-refractivity contribution in [2.75, 3.05) is 17.7 Å². The van der Waals surface area contributed by atoms with Crippen LogP contribution in [0.5, 0.6) is 0 Å². The highest BCUT2D eigenvalue weighted by molar-refractivity contribution is 6.04. The summed E-state index contributed by atoms with van der Waals surface area (Å²) in [5.74, 6) is -1.58. The fourth-order valence-electron chi connectivity index (χ4n) is 2.41. The molecule has 3 rings (SSSR count). The smallest absolute Gasteiger partial charge is 0.262 e. The molecular weight excluding hydrogens is 342 g/mol. The Balaban J connectivity index is 1.99. The Morgan fingerprint density at radius 1 is 1.15 bits per heavy atom. The molecule has 0 spiro atoms. The normalized spacial score (nSPS) is 10.7. The van der Waals surface area contributed by atoms with Gasteiger partial charge in [-0.15, -0.1) is 0 Å². The average Bonchev–Trinajstić information content (AvgIpc) is 2.99. The molecule has 1 amide bonds. The SMILES string of the molecule is CNc1cc(-n2nc(C)cc2NC(=O)c2c(F)ccc(C)c2F)ncn1. The van der Waals surface area contributed by atoms with Crippen molar-refractivity contribution in [1.82, 2.24) is 19.7 Å². The molecule has 3 aromatic rings. The first-order chi connectivity index (χ1) is 12.4. The van der Waals surface area contributed by atoms with Crippen LogP contribution in [0, 0.1) is 25.5 Å². The van der Waals surface area contributed by atoms with Gasteiger partial charge in [-0.2, -0.15) is 9.78 Å². The summed E-state index contributed by atoms with van der Waals surface area (Å²) in [4.78, 5) is 20.6. The van der Waals surface area contributed by atoms with E-state index < -0.39 is 23.1 Å². The van der Waals surface area contributed by atoms with Gasteiger partial charge in [0, 0.05) is 19.2 Å². The second-order valence-corrected chi connectivity index (χ2v) is 5.60. The van der Waals surface area contributed by atoms with Crippen molar-refractivity contribution in [2.45, 2.75) is 13.8 Å². The topological polar surface area (TPSA) is 84.7 Å². The zero-order valence-electron chi connectivity index (χ0n) is 14.3. The van der Waals surface area contributed by atoms with Gasteiger partial charge < -0.3 is 10.6 Å². The zero-order chi connectivity index (χ0) is 18.8. The van der Waals surface area contributed by atoms with Gasteiger partial charge in [0.1, 0.15) is 35.2 Å². The van der Waals surface area contributed by atoms with E-state index in [4.69, 9.17) is 0 Å². The van der Waals surface area contributed by atoms with Crippen molar-refractivity contribution >= 4 is 17.5 Å². The molecule has 0 aliphatic heterocycles. The van der Waals surface area contributed by atoms with E-state index in [0.29, 0.717) is 17.3 Å². The number of aryl methyl sites for hydroxylation is 2. The number of aromatic nitrogens is 4. The predicted molar refractivity (Wildman–Crippen MR) is 92.5 cm³/mol. The van der Waals surface area contributed by atoms with E-state index >= 15 is 0 Å². The molecule has 2 heterocycles. The maximum Gasteiger partial charge on any atom is 0.262 e. The Kier molecular flexibility index (Phi) is 4.61. The van der Waals surface area contributed by atoms with Crippen molar-refractivity contribution in [3.8, 4) is 5.82 Å². The maximum absolute atomic E-state index is 14.2. The van der Waals surface area contributed by atoms with Gasteiger partial charge in [-0.05, 0) is 25.5 Å². The van der Waals surface area contributed by atoms with Crippen LogP contribution in [0.4, 0.5) is 20.4 Å². The Morgan fingerprint density at radius 2 is 1.92 bits per heavy atom. The number of anilines is 2. The van der Waals surface area contributed by atoms with E-state index in [2.05, 4.69) is 25.7 Å². The van der Waals surface area contributed by atoms with Crippen LogP contribution in [0.3, 0.4) is 0 Å². The number of benzene rings is 1. The molecule has 1 aromatic carbocycles. The van der Waals surface area contributed by atoms with Gasteiger partial charge in [0.2, 0.25) is 0 Å². The lowest BCUT2D eigenvalue weighted by atomic mass is 10.1. The number of nitrogens with zero attached hydrogens (tertiary/aromatic N) is 4. The van der Waals surface area contributed by atoms with Crippen LogP contribution < -0.4 is 10.6 Å². The summed E-state index contributed by atoms with van der Waals surface area (Å²) in [6.45, 7) is 3.18. The summed E-state index contributed by atoms with van der Waals surface area (Å²) in [6, 6.07) is 5.52. The largest absolute Gasteiger partial charge is 0.373 e. The molecule has 134 valence electrons. The Labute approximate surface area is 148 Å². The van der Waals surface area contributed by atoms with Crippen LogP contribution in [-0.4, -0.2) is 32.7 Å². The molecule has 0 bridgehead atoms. The van der Waals surface area contributed by atoms with Crippen LogP contribution in [0.25, 0.3) is 5.82 Å². The molecule has 0 aliphatic carbocycles. The molecule has 9 heteroatoms. The zero-order valence-corrected chi connectivity index (χ0v) is 14.3. The quantitative estimate of drug-likeness (QED) is 0.749. The number of hydrogen-bond acceptors (Lipinski definition) is 5. The highest BCUT2D eigenvalue weighted by Gasteiger charge is 2.21. The first kappa shape index (κ1) is 17.5. The third kappa shape index (κ3) is 3.23. The monoisotopic (exact) mass is 358 g/mol. The van der Waals surface area contributed by atoms with Crippen LogP contribution >= 0.6 is 0 Å². The molecule has 0 aliphatic rings. The van der Waals surface area contributed by atoms with E-state index in [9.17, 15) is 13.6 Å². The van der Waals surface area contributed by atoms with Crippen molar-refractivity contribution < 1.29 is 13.6 Å². The summed E-state index contributed by atoms with van der Waals surface area (Å²) in [5.41, 5.74) is 0.125. The third-order valence-electron chi connectivity index (χ3n) is 3.71. The molecule has 0 radical (unpaired) electrons. The second-order valence-electron chi connectivity index (χ2n) is 5.60. The van der Waals surface area contributed by atoms with Crippen molar-refractivity contribution in [1.29, 1.82) is 0 Å². The molecule has 0 atom stereocenters. The van der Waals surface area contributed by atoms with Crippen LogP contribution in [0.2, 0.25) is 0 Å². The van der Waals surface area contributed by atoms with Crippen LogP contribution in [-0.2, 0) is 0 Å². The number of halogens is 2. The average molecular weight is 358 g/mol. The number of carbonyl (C=O) groups is 1. The molecule has 2 aromatic heterocycles. The number of hydrogen-bond donors (Lipinski definition) is 2. The van der Waals surface area contributed by atoms with Crippen molar-refractivity contribution in [3.05, 3.63) is 59.0 Å². The standard InChI is InChI=1S/C17H16F2N6O/c1-9-4-5-11(18)15(16(9)19)17(26)23-14-6-10(2)24-25(14)13-7-12(20-3)21-8-22-13/h4-8H,1-3H3,(H,23,26)(H,20,21,22). The first-order valence-electron chi connectivity index (χ1n) is 7.73. The van der Waals surface area contributed by atoms with E-state index in [1.165, 1.54) is 24.0 Å². The highest BCUT2D eigenvalue weighted by atomic mass is 19.1. The van der Waals surface area contributed by atoms with Gasteiger partial charge in [0.25, 0.3) is 5.91 Å². The number of nitrogens with one attached hydrogen (secondary N) is 2. The molecular formula is C17H16F2N6O. The lowest BCUT2D eigenvalue weighted by Crippen LogP contribution is -2.19. The molecule has 7 nitrogen and oxygen atoms in total. The van der Waals surface area contributed by atoms with Gasteiger partial charge >= 0.3 is 0 Å². The molecule has 0 saturated carbocycles. The van der Waals surface area contributed by atoms with E-state index in [-0.39, 0.29) is 11.4 Å². The number of rotatable bonds is 4. The summed E-state index contributed by atoms with van der Waals surface area (Å²) >= 11 is 0. The summed E-state index contributed by atoms with van der Waals surface area (Å²) in [5, 5.41) is 9.63. The van der Waals surface area contributed by atoms with Gasteiger partial charge in [-0.1, -0.05) is 6.07 Å². The Hall–Kier alpha value is -3.36. The minimum Gasteiger partial charge on any atom is -0.373 e. The predicted octanol–water partition coefficient (Wildman–Crippen LogP) is 2.85. The lowest BCUT2D eigenvalue weighted by molar-refractivity contribution is 0.101. The summed E-state index contributed by atoms with van der Waals surface area (Å²) < 4.78 is 29.5. The summed E-state index contributed by atoms with van der Waals surface area (Å²) in [6.07, 6.45) is 1.34. The van der Waals surface area contributed by atoms with Gasteiger partial charge in [-0.25, -0.2) is 18.7 Å². The number of amides is 1. The van der Waals surface area contributed by atoms with Crippen LogP contribution in [0.1, 0.15) is 21.6 Å². The third-order valence-corrected chi connectivity index (χ3v) is 3.71. The van der Waals surface area contributed by atoms with Gasteiger partial charge in [0.15, 0.2) is 5.82 Å². The minimum atomic E-state index is -0.937. The minimum absolute atomic E-state index is 0.177. The van der Waals surface area contributed by atoms with E-state index in [0.717, 1.165) is 6.07 Å². The first-order valence-corrected chi connectivity index (χ1v) is 7.73. The Morgan fingerprint density at radius 3 is 2.65 bits per heavy atom. The molecule has 0 fully saturated rings. The molecule has 0 unspecified atom stereocenters. The Bertz CT molecular complexity index is 985. The molecule has 2 N–H and O–H groups in total. The fraction of sp³-hybridized carbons (Fsp3) is 0.176. The van der Waals surface area contributed by atoms with Crippen molar-refractivity contribution in [2.24, 2.45) is 0 Å². The summed E-state index contributed by atoms with van der Waals surface area (Å²) in [7, 11) is 1.70. The second kappa shape index (κ2) is 6.87. The number of carbonyl (C=O) groups excluding carboxylic acids is 1. The molecule has 0 saturated heterocycles. The maximum atomic E-state index is 14.2.